The quantitative estimate of drug-likeness (QED) is 0.672. The zero-order valence-electron chi connectivity index (χ0n) is 10.2. The maximum atomic E-state index is 12.8. The third-order valence-corrected chi connectivity index (χ3v) is 3.20. The standard InChI is InChI=1S/C15H10F3NO/c16-15(17,18)10-3-1-2-9(8-10)11-4-5-13(20)12-6-7-19-14(11)12/h1-8,19-20H. The smallest absolute Gasteiger partial charge is 0.416 e. The maximum Gasteiger partial charge on any atom is 0.416 e. The number of alkyl halides is 3. The molecule has 0 aliphatic carbocycles. The lowest BCUT2D eigenvalue weighted by Crippen LogP contribution is -2.04. The van der Waals surface area contributed by atoms with Crippen molar-refractivity contribution in [2.45, 2.75) is 6.18 Å². The van der Waals surface area contributed by atoms with Gasteiger partial charge < -0.3 is 10.1 Å². The Labute approximate surface area is 112 Å². The second-order valence-electron chi connectivity index (χ2n) is 4.48. The Morgan fingerprint density at radius 1 is 1.00 bits per heavy atom. The van der Waals surface area contributed by atoms with Crippen LogP contribution in [0.3, 0.4) is 0 Å². The molecule has 20 heavy (non-hydrogen) atoms. The number of phenols is 1. The Morgan fingerprint density at radius 3 is 2.55 bits per heavy atom. The molecule has 0 bridgehead atoms. The van der Waals surface area contributed by atoms with E-state index >= 15 is 0 Å². The highest BCUT2D eigenvalue weighted by atomic mass is 19.4. The van der Waals surface area contributed by atoms with Crippen LogP contribution in [0.25, 0.3) is 22.0 Å². The van der Waals surface area contributed by atoms with Crippen molar-refractivity contribution in [3.8, 4) is 16.9 Å². The van der Waals surface area contributed by atoms with Crippen molar-refractivity contribution >= 4 is 10.9 Å². The number of aromatic amines is 1. The van der Waals surface area contributed by atoms with Gasteiger partial charge in [0.05, 0.1) is 11.1 Å². The molecule has 2 aromatic carbocycles. The summed E-state index contributed by atoms with van der Waals surface area (Å²) in [6.07, 6.45) is -2.73. The molecule has 3 rings (SSSR count). The van der Waals surface area contributed by atoms with E-state index in [4.69, 9.17) is 0 Å². The van der Waals surface area contributed by atoms with E-state index in [9.17, 15) is 18.3 Å². The lowest BCUT2D eigenvalue weighted by atomic mass is 10.0. The molecule has 0 fully saturated rings. The molecule has 2 N–H and O–H groups in total. The summed E-state index contributed by atoms with van der Waals surface area (Å²) in [5.41, 5.74) is 0.994. The average Bonchev–Trinajstić information content (AvgIpc) is 2.88. The van der Waals surface area contributed by atoms with Crippen LogP contribution in [-0.4, -0.2) is 10.1 Å². The zero-order chi connectivity index (χ0) is 14.3. The van der Waals surface area contributed by atoms with Gasteiger partial charge in [0.15, 0.2) is 0 Å². The van der Waals surface area contributed by atoms with Crippen molar-refractivity contribution < 1.29 is 18.3 Å². The topological polar surface area (TPSA) is 36.0 Å². The van der Waals surface area contributed by atoms with Crippen molar-refractivity contribution in [1.29, 1.82) is 0 Å². The molecular weight excluding hydrogens is 267 g/mol. The van der Waals surface area contributed by atoms with E-state index in [1.54, 1.807) is 24.4 Å². The van der Waals surface area contributed by atoms with Gasteiger partial charge in [0.1, 0.15) is 5.75 Å². The van der Waals surface area contributed by atoms with E-state index in [1.165, 1.54) is 12.1 Å². The second-order valence-corrected chi connectivity index (χ2v) is 4.48. The first-order valence-corrected chi connectivity index (χ1v) is 5.93. The SMILES string of the molecule is Oc1ccc(-c2cccc(C(F)(F)F)c2)c2[nH]ccc12. The van der Waals surface area contributed by atoms with Gasteiger partial charge in [-0.05, 0) is 35.9 Å². The number of aromatic hydroxyl groups is 1. The van der Waals surface area contributed by atoms with Crippen molar-refractivity contribution in [1.82, 2.24) is 4.98 Å². The number of hydrogen-bond donors (Lipinski definition) is 2. The fourth-order valence-electron chi connectivity index (χ4n) is 2.24. The fraction of sp³-hybridized carbons (Fsp3) is 0.0667. The van der Waals surface area contributed by atoms with E-state index in [1.807, 2.05) is 0 Å². The Bertz CT molecular complexity index is 774. The molecule has 0 unspecified atom stereocenters. The second kappa shape index (κ2) is 4.30. The Kier molecular flexibility index (Phi) is 2.71. The molecule has 0 atom stereocenters. The number of aromatic nitrogens is 1. The van der Waals surface area contributed by atoms with Gasteiger partial charge in [0.2, 0.25) is 0 Å². The van der Waals surface area contributed by atoms with Gasteiger partial charge in [-0.3, -0.25) is 0 Å². The number of halogens is 3. The van der Waals surface area contributed by atoms with Crippen molar-refractivity contribution in [2.75, 3.05) is 0 Å². The maximum absolute atomic E-state index is 12.8. The van der Waals surface area contributed by atoms with E-state index in [0.717, 1.165) is 12.1 Å². The fourth-order valence-corrected chi connectivity index (χ4v) is 2.24. The molecule has 5 heteroatoms. The van der Waals surface area contributed by atoms with Crippen LogP contribution in [0.2, 0.25) is 0 Å². The third kappa shape index (κ3) is 2.01. The molecule has 1 heterocycles. The predicted octanol–water partition coefficient (Wildman–Crippen LogP) is 4.56. The van der Waals surface area contributed by atoms with Gasteiger partial charge in [0, 0.05) is 17.1 Å². The van der Waals surface area contributed by atoms with Gasteiger partial charge in [0.25, 0.3) is 0 Å². The highest BCUT2D eigenvalue weighted by Crippen LogP contribution is 2.36. The highest BCUT2D eigenvalue weighted by molar-refractivity contribution is 5.97. The first-order chi connectivity index (χ1) is 9.47. The zero-order valence-corrected chi connectivity index (χ0v) is 10.2. The molecule has 0 aliphatic heterocycles. The molecule has 102 valence electrons. The number of rotatable bonds is 1. The van der Waals surface area contributed by atoms with Crippen LogP contribution in [0.5, 0.6) is 5.75 Å². The number of benzene rings is 2. The van der Waals surface area contributed by atoms with Crippen molar-refractivity contribution in [3.63, 3.8) is 0 Å². The summed E-state index contributed by atoms with van der Waals surface area (Å²) in [4.78, 5) is 2.94. The van der Waals surface area contributed by atoms with Crippen molar-refractivity contribution in [3.05, 3.63) is 54.2 Å². The van der Waals surface area contributed by atoms with E-state index in [2.05, 4.69) is 4.98 Å². The number of hydrogen-bond acceptors (Lipinski definition) is 1. The summed E-state index contributed by atoms with van der Waals surface area (Å²) in [6.45, 7) is 0. The minimum absolute atomic E-state index is 0.0944. The number of H-pyrrole nitrogens is 1. The summed E-state index contributed by atoms with van der Waals surface area (Å²) in [7, 11) is 0. The molecule has 0 saturated carbocycles. The van der Waals surface area contributed by atoms with Crippen LogP contribution in [0, 0.1) is 0 Å². The molecule has 0 saturated heterocycles. The normalized spacial score (nSPS) is 11.9. The lowest BCUT2D eigenvalue weighted by Gasteiger charge is -2.10. The van der Waals surface area contributed by atoms with Crippen LogP contribution in [0.4, 0.5) is 13.2 Å². The summed E-state index contributed by atoms with van der Waals surface area (Å²) in [6, 6.07) is 9.89. The van der Waals surface area contributed by atoms with Gasteiger partial charge >= 0.3 is 6.18 Å². The van der Waals surface area contributed by atoms with Crippen LogP contribution in [-0.2, 0) is 6.18 Å². The molecule has 0 amide bonds. The van der Waals surface area contributed by atoms with Crippen LogP contribution < -0.4 is 0 Å². The van der Waals surface area contributed by atoms with Gasteiger partial charge in [-0.25, -0.2) is 0 Å². The molecule has 0 radical (unpaired) electrons. The summed E-state index contributed by atoms with van der Waals surface area (Å²) in [5, 5.41) is 10.3. The summed E-state index contributed by atoms with van der Waals surface area (Å²) in [5.74, 6) is 0.0944. The number of fused-ring (bicyclic) bond motifs is 1. The predicted molar refractivity (Wildman–Crippen MR) is 70.4 cm³/mol. The molecule has 0 spiro atoms. The van der Waals surface area contributed by atoms with Gasteiger partial charge in [-0.2, -0.15) is 13.2 Å². The Hall–Kier alpha value is -2.43. The average molecular weight is 277 g/mol. The Morgan fingerprint density at radius 2 is 1.80 bits per heavy atom. The molecule has 0 aliphatic rings. The van der Waals surface area contributed by atoms with Crippen LogP contribution in [0.1, 0.15) is 5.56 Å². The van der Waals surface area contributed by atoms with E-state index in [-0.39, 0.29) is 5.75 Å². The first kappa shape index (κ1) is 12.6. The molecule has 2 nitrogen and oxygen atoms in total. The van der Waals surface area contributed by atoms with Crippen LogP contribution in [0.15, 0.2) is 48.7 Å². The monoisotopic (exact) mass is 277 g/mol. The summed E-state index contributed by atoms with van der Waals surface area (Å²) < 4.78 is 38.3. The van der Waals surface area contributed by atoms with Gasteiger partial charge in [-0.1, -0.05) is 12.1 Å². The summed E-state index contributed by atoms with van der Waals surface area (Å²) >= 11 is 0. The minimum atomic E-state index is -4.37. The largest absolute Gasteiger partial charge is 0.507 e. The van der Waals surface area contributed by atoms with E-state index in [0.29, 0.717) is 22.0 Å². The Balaban J connectivity index is 2.21. The number of nitrogens with one attached hydrogen (secondary N) is 1. The molecule has 3 aromatic rings. The molecule has 1 aromatic heterocycles. The third-order valence-electron chi connectivity index (χ3n) is 3.20. The van der Waals surface area contributed by atoms with Crippen LogP contribution >= 0.6 is 0 Å². The van der Waals surface area contributed by atoms with Crippen molar-refractivity contribution in [2.24, 2.45) is 0 Å². The molecular formula is C15H10F3NO. The lowest BCUT2D eigenvalue weighted by molar-refractivity contribution is -0.137. The minimum Gasteiger partial charge on any atom is -0.507 e. The first-order valence-electron chi connectivity index (χ1n) is 5.93. The highest BCUT2D eigenvalue weighted by Gasteiger charge is 2.30. The van der Waals surface area contributed by atoms with E-state index < -0.39 is 11.7 Å². The number of phenolic OH excluding ortho intramolecular Hbond substituents is 1. The van der Waals surface area contributed by atoms with Gasteiger partial charge in [-0.15, -0.1) is 0 Å².